The first kappa shape index (κ1) is 14.6. The van der Waals surface area contributed by atoms with Crippen LogP contribution in [0.15, 0.2) is 6.20 Å². The molecule has 0 N–H and O–H groups in total. The zero-order valence-corrected chi connectivity index (χ0v) is 12.2. The molecule has 2 heterocycles. The van der Waals surface area contributed by atoms with Crippen LogP contribution in [-0.2, 0) is 22.0 Å². The number of rotatable bonds is 5. The van der Waals surface area contributed by atoms with Crippen molar-refractivity contribution in [2.24, 2.45) is 0 Å². The summed E-state index contributed by atoms with van der Waals surface area (Å²) in [6, 6.07) is 0. The molecule has 1 aromatic rings. The van der Waals surface area contributed by atoms with E-state index in [1.807, 2.05) is 6.92 Å². The highest BCUT2D eigenvalue weighted by molar-refractivity contribution is 6.17. The molecule has 0 spiro atoms. The van der Waals surface area contributed by atoms with Gasteiger partial charge < -0.3 is 14.2 Å². The predicted octanol–water partition coefficient (Wildman–Crippen LogP) is 3.18. The number of aromatic nitrogens is 1. The van der Waals surface area contributed by atoms with Gasteiger partial charge in [0, 0.05) is 23.9 Å². The lowest BCUT2D eigenvalue weighted by molar-refractivity contribution is -0.169. The SMILES string of the molecule is COc1c(COC2CCCCO2)cnc(CCl)c1C. The van der Waals surface area contributed by atoms with E-state index in [0.717, 1.165) is 48.4 Å². The zero-order valence-electron chi connectivity index (χ0n) is 11.4. The summed E-state index contributed by atoms with van der Waals surface area (Å²) in [5.41, 5.74) is 2.75. The molecule has 0 amide bonds. The summed E-state index contributed by atoms with van der Waals surface area (Å²) in [4.78, 5) is 4.34. The van der Waals surface area contributed by atoms with E-state index in [4.69, 9.17) is 25.8 Å². The first-order valence-corrected chi connectivity index (χ1v) is 7.10. The van der Waals surface area contributed by atoms with Crippen molar-refractivity contribution in [2.75, 3.05) is 13.7 Å². The van der Waals surface area contributed by atoms with Crippen LogP contribution in [0, 0.1) is 6.92 Å². The molecule has 1 fully saturated rings. The van der Waals surface area contributed by atoms with Crippen LogP contribution in [-0.4, -0.2) is 25.0 Å². The third-order valence-corrected chi connectivity index (χ3v) is 3.59. The Morgan fingerprint density at radius 2 is 2.32 bits per heavy atom. The van der Waals surface area contributed by atoms with Gasteiger partial charge in [-0.1, -0.05) is 0 Å². The summed E-state index contributed by atoms with van der Waals surface area (Å²) in [7, 11) is 1.65. The second-order valence-electron chi connectivity index (χ2n) is 4.63. The van der Waals surface area contributed by atoms with E-state index in [9.17, 15) is 0 Å². The van der Waals surface area contributed by atoms with Gasteiger partial charge in [-0.15, -0.1) is 11.6 Å². The second-order valence-corrected chi connectivity index (χ2v) is 4.90. The first-order chi connectivity index (χ1) is 9.26. The quantitative estimate of drug-likeness (QED) is 0.779. The van der Waals surface area contributed by atoms with E-state index in [-0.39, 0.29) is 6.29 Å². The largest absolute Gasteiger partial charge is 0.496 e. The van der Waals surface area contributed by atoms with E-state index in [1.165, 1.54) is 0 Å². The summed E-state index contributed by atoms with van der Waals surface area (Å²) < 4.78 is 16.7. The molecular weight excluding hydrogens is 266 g/mol. The number of nitrogens with zero attached hydrogens (tertiary/aromatic N) is 1. The molecule has 0 bridgehead atoms. The Balaban J connectivity index is 2.04. The molecule has 106 valence electrons. The fraction of sp³-hybridized carbons (Fsp3) is 0.643. The van der Waals surface area contributed by atoms with Gasteiger partial charge in [-0.3, -0.25) is 4.98 Å². The summed E-state index contributed by atoms with van der Waals surface area (Å²) in [6.45, 7) is 3.19. The van der Waals surface area contributed by atoms with Crippen LogP contribution in [0.3, 0.4) is 0 Å². The molecule has 0 radical (unpaired) electrons. The Labute approximate surface area is 119 Å². The highest BCUT2D eigenvalue weighted by atomic mass is 35.5. The summed E-state index contributed by atoms with van der Waals surface area (Å²) in [5.74, 6) is 1.19. The molecule has 19 heavy (non-hydrogen) atoms. The Bertz CT molecular complexity index is 419. The number of methoxy groups -OCH3 is 1. The first-order valence-electron chi connectivity index (χ1n) is 6.56. The number of hydrogen-bond acceptors (Lipinski definition) is 4. The normalized spacial score (nSPS) is 19.4. The van der Waals surface area contributed by atoms with Crippen molar-refractivity contribution < 1.29 is 14.2 Å². The number of alkyl halides is 1. The van der Waals surface area contributed by atoms with E-state index in [1.54, 1.807) is 13.3 Å². The smallest absolute Gasteiger partial charge is 0.158 e. The lowest BCUT2D eigenvalue weighted by atomic mass is 10.1. The van der Waals surface area contributed by atoms with Gasteiger partial charge in [0.25, 0.3) is 0 Å². The molecule has 0 saturated carbocycles. The highest BCUT2D eigenvalue weighted by Gasteiger charge is 2.17. The van der Waals surface area contributed by atoms with Crippen LogP contribution in [0.25, 0.3) is 0 Å². The standard InChI is InChI=1S/C14H20ClNO3/c1-10-12(7-15)16-8-11(14(10)17-2)9-19-13-5-3-4-6-18-13/h8,13H,3-7,9H2,1-2H3. The van der Waals surface area contributed by atoms with E-state index in [2.05, 4.69) is 4.98 Å². The Kier molecular flexibility index (Phi) is 5.43. The fourth-order valence-corrected chi connectivity index (χ4v) is 2.50. The molecule has 1 aliphatic rings. The molecule has 1 saturated heterocycles. The maximum absolute atomic E-state index is 5.84. The predicted molar refractivity (Wildman–Crippen MR) is 73.5 cm³/mol. The van der Waals surface area contributed by atoms with Crippen LogP contribution in [0.1, 0.15) is 36.1 Å². The van der Waals surface area contributed by atoms with Gasteiger partial charge in [-0.25, -0.2) is 0 Å². The Morgan fingerprint density at radius 3 is 2.95 bits per heavy atom. The number of hydrogen-bond donors (Lipinski definition) is 0. The summed E-state index contributed by atoms with van der Waals surface area (Å²) in [5, 5.41) is 0. The molecule has 1 aliphatic heterocycles. The van der Waals surface area contributed by atoms with E-state index >= 15 is 0 Å². The van der Waals surface area contributed by atoms with Gasteiger partial charge in [0.1, 0.15) is 5.75 Å². The molecule has 1 aromatic heterocycles. The van der Waals surface area contributed by atoms with Crippen molar-refractivity contribution in [1.82, 2.24) is 4.98 Å². The summed E-state index contributed by atoms with van der Waals surface area (Å²) in [6.07, 6.45) is 4.89. The minimum atomic E-state index is -0.105. The Hall–Kier alpha value is -0.840. The minimum absolute atomic E-state index is 0.105. The number of ether oxygens (including phenoxy) is 3. The maximum atomic E-state index is 5.84. The van der Waals surface area contributed by atoms with Crippen LogP contribution >= 0.6 is 11.6 Å². The van der Waals surface area contributed by atoms with Crippen molar-refractivity contribution in [3.05, 3.63) is 23.0 Å². The highest BCUT2D eigenvalue weighted by Crippen LogP contribution is 2.27. The molecule has 1 unspecified atom stereocenters. The van der Waals surface area contributed by atoms with Crippen molar-refractivity contribution in [1.29, 1.82) is 0 Å². The van der Waals surface area contributed by atoms with Crippen LogP contribution in [0.2, 0.25) is 0 Å². The number of halogens is 1. The molecule has 2 rings (SSSR count). The molecule has 0 aromatic carbocycles. The number of pyridine rings is 1. The maximum Gasteiger partial charge on any atom is 0.158 e. The van der Waals surface area contributed by atoms with Gasteiger partial charge in [-0.05, 0) is 26.2 Å². The average Bonchev–Trinajstić information content (AvgIpc) is 2.46. The van der Waals surface area contributed by atoms with Crippen LogP contribution < -0.4 is 4.74 Å². The zero-order chi connectivity index (χ0) is 13.7. The van der Waals surface area contributed by atoms with Crippen LogP contribution in [0.4, 0.5) is 0 Å². The molecule has 4 nitrogen and oxygen atoms in total. The average molecular weight is 286 g/mol. The van der Waals surface area contributed by atoms with Crippen molar-refractivity contribution in [3.63, 3.8) is 0 Å². The molecule has 1 atom stereocenters. The lowest BCUT2D eigenvalue weighted by Gasteiger charge is -2.23. The third-order valence-electron chi connectivity index (χ3n) is 3.33. The van der Waals surface area contributed by atoms with Crippen molar-refractivity contribution in [3.8, 4) is 5.75 Å². The molecular formula is C14H20ClNO3. The van der Waals surface area contributed by atoms with Gasteiger partial charge in [0.15, 0.2) is 6.29 Å². The van der Waals surface area contributed by atoms with Gasteiger partial charge >= 0.3 is 0 Å². The third kappa shape index (κ3) is 3.59. The van der Waals surface area contributed by atoms with Gasteiger partial charge in [0.2, 0.25) is 0 Å². The lowest BCUT2D eigenvalue weighted by Crippen LogP contribution is -2.22. The van der Waals surface area contributed by atoms with Crippen LogP contribution in [0.5, 0.6) is 5.75 Å². The monoisotopic (exact) mass is 285 g/mol. The minimum Gasteiger partial charge on any atom is -0.496 e. The van der Waals surface area contributed by atoms with E-state index in [0.29, 0.717) is 12.5 Å². The topological polar surface area (TPSA) is 40.6 Å². The van der Waals surface area contributed by atoms with E-state index < -0.39 is 0 Å². The van der Waals surface area contributed by atoms with Gasteiger partial charge in [-0.2, -0.15) is 0 Å². The van der Waals surface area contributed by atoms with Crippen molar-refractivity contribution >= 4 is 11.6 Å². The molecule has 0 aliphatic carbocycles. The summed E-state index contributed by atoms with van der Waals surface area (Å²) >= 11 is 5.84. The fourth-order valence-electron chi connectivity index (χ4n) is 2.23. The van der Waals surface area contributed by atoms with Gasteiger partial charge in [0.05, 0.1) is 25.3 Å². The second kappa shape index (κ2) is 7.08. The molecule has 5 heteroatoms. The Morgan fingerprint density at radius 1 is 1.47 bits per heavy atom. The van der Waals surface area contributed by atoms with Crippen molar-refractivity contribution in [2.45, 2.75) is 45.0 Å².